The summed E-state index contributed by atoms with van der Waals surface area (Å²) < 4.78 is 5.27. The summed E-state index contributed by atoms with van der Waals surface area (Å²) in [5.74, 6) is 0.785. The van der Waals surface area contributed by atoms with Gasteiger partial charge >= 0.3 is 0 Å². The quantitative estimate of drug-likeness (QED) is 0.736. The molecule has 1 fully saturated rings. The average molecular weight is 271 g/mol. The van der Waals surface area contributed by atoms with Crippen LogP contribution in [-0.4, -0.2) is 48.5 Å². The zero-order valence-electron chi connectivity index (χ0n) is 13.3. The van der Waals surface area contributed by atoms with Gasteiger partial charge in [-0.15, -0.1) is 0 Å². The Kier molecular flexibility index (Phi) is 7.96. The van der Waals surface area contributed by atoms with Crippen molar-refractivity contribution < 1.29 is 9.84 Å². The second-order valence-electron chi connectivity index (χ2n) is 5.92. The zero-order valence-corrected chi connectivity index (χ0v) is 13.3. The molecule has 0 aliphatic heterocycles. The van der Waals surface area contributed by atoms with Crippen molar-refractivity contribution >= 4 is 0 Å². The minimum absolute atomic E-state index is 0.153. The molecule has 1 aliphatic rings. The van der Waals surface area contributed by atoms with E-state index >= 15 is 0 Å². The lowest BCUT2D eigenvalue weighted by molar-refractivity contribution is -0.0278. The first-order valence-corrected chi connectivity index (χ1v) is 8.10. The van der Waals surface area contributed by atoms with E-state index in [1.54, 1.807) is 7.11 Å². The van der Waals surface area contributed by atoms with Crippen molar-refractivity contribution in [3.8, 4) is 0 Å². The largest absolute Gasteiger partial charge is 0.391 e. The fourth-order valence-corrected chi connectivity index (χ4v) is 3.52. The lowest BCUT2D eigenvalue weighted by Gasteiger charge is -2.44. The third-order valence-corrected chi connectivity index (χ3v) is 4.86. The van der Waals surface area contributed by atoms with Gasteiger partial charge in [0.25, 0.3) is 0 Å². The van der Waals surface area contributed by atoms with Crippen LogP contribution in [-0.2, 0) is 4.74 Å². The van der Waals surface area contributed by atoms with Crippen molar-refractivity contribution in [3.63, 3.8) is 0 Å². The van der Waals surface area contributed by atoms with E-state index in [0.29, 0.717) is 12.1 Å². The topological polar surface area (TPSA) is 32.7 Å². The molecule has 0 aromatic rings. The number of aliphatic hydroxyl groups excluding tert-OH is 1. The number of ether oxygens (including phenoxy) is 1. The molecule has 0 saturated heterocycles. The van der Waals surface area contributed by atoms with Crippen LogP contribution in [0.25, 0.3) is 0 Å². The van der Waals surface area contributed by atoms with Crippen molar-refractivity contribution in [2.24, 2.45) is 5.92 Å². The van der Waals surface area contributed by atoms with Crippen molar-refractivity contribution in [2.75, 3.05) is 20.3 Å². The average Bonchev–Trinajstić information content (AvgIpc) is 2.44. The van der Waals surface area contributed by atoms with Gasteiger partial charge in [0.05, 0.1) is 12.7 Å². The first-order valence-electron chi connectivity index (χ1n) is 8.10. The van der Waals surface area contributed by atoms with Gasteiger partial charge in [-0.25, -0.2) is 0 Å². The monoisotopic (exact) mass is 271 g/mol. The van der Waals surface area contributed by atoms with Gasteiger partial charge in [-0.2, -0.15) is 0 Å². The number of nitrogens with zero attached hydrogens (tertiary/aromatic N) is 1. The molecule has 3 nitrogen and oxygen atoms in total. The van der Waals surface area contributed by atoms with E-state index in [1.165, 1.54) is 12.8 Å². The normalized spacial score (nSPS) is 28.3. The fourth-order valence-electron chi connectivity index (χ4n) is 3.52. The predicted octanol–water partition coefficient (Wildman–Crippen LogP) is 3.06. The summed E-state index contributed by atoms with van der Waals surface area (Å²) in [6, 6.07) is 0.907. The molecule has 1 saturated carbocycles. The summed E-state index contributed by atoms with van der Waals surface area (Å²) in [4.78, 5) is 2.52. The molecule has 3 atom stereocenters. The van der Waals surface area contributed by atoms with Gasteiger partial charge in [0.1, 0.15) is 0 Å². The van der Waals surface area contributed by atoms with Crippen molar-refractivity contribution in [2.45, 2.75) is 77.5 Å². The Labute approximate surface area is 119 Å². The van der Waals surface area contributed by atoms with Gasteiger partial charge in [0.15, 0.2) is 0 Å². The second kappa shape index (κ2) is 8.93. The SMILES string of the molecule is CCC1CCC(O)C(N(CCOC)C(CC)CC)C1. The highest BCUT2D eigenvalue weighted by molar-refractivity contribution is 4.89. The third-order valence-electron chi connectivity index (χ3n) is 4.86. The smallest absolute Gasteiger partial charge is 0.0695 e. The Balaban J connectivity index is 2.74. The summed E-state index contributed by atoms with van der Waals surface area (Å²) in [6.45, 7) is 8.48. The van der Waals surface area contributed by atoms with Crippen LogP contribution in [0.5, 0.6) is 0 Å². The molecule has 3 unspecified atom stereocenters. The summed E-state index contributed by atoms with van der Waals surface area (Å²) in [5.41, 5.74) is 0. The van der Waals surface area contributed by atoms with Crippen LogP contribution < -0.4 is 0 Å². The number of hydrogen-bond donors (Lipinski definition) is 1. The molecule has 0 bridgehead atoms. The molecule has 0 spiro atoms. The van der Waals surface area contributed by atoms with Crippen LogP contribution in [0, 0.1) is 5.92 Å². The highest BCUT2D eigenvalue weighted by Gasteiger charge is 2.34. The molecule has 114 valence electrons. The van der Waals surface area contributed by atoms with Gasteiger partial charge in [-0.05, 0) is 38.0 Å². The van der Waals surface area contributed by atoms with E-state index < -0.39 is 0 Å². The summed E-state index contributed by atoms with van der Waals surface area (Å²) in [7, 11) is 1.76. The lowest BCUT2D eigenvalue weighted by atomic mass is 9.81. The number of hydrogen-bond acceptors (Lipinski definition) is 3. The molecular formula is C16H33NO2. The zero-order chi connectivity index (χ0) is 14.3. The second-order valence-corrected chi connectivity index (χ2v) is 5.92. The number of aliphatic hydroxyl groups is 1. The number of rotatable bonds is 8. The molecule has 0 amide bonds. The lowest BCUT2D eigenvalue weighted by Crippen LogP contribution is -2.52. The molecule has 1 N–H and O–H groups in total. The van der Waals surface area contributed by atoms with Crippen LogP contribution in [0.1, 0.15) is 59.3 Å². The fraction of sp³-hybridized carbons (Fsp3) is 1.00. The Morgan fingerprint density at radius 1 is 1.21 bits per heavy atom. The van der Waals surface area contributed by atoms with Crippen molar-refractivity contribution in [1.29, 1.82) is 0 Å². The molecule has 1 aliphatic carbocycles. The van der Waals surface area contributed by atoms with Crippen LogP contribution >= 0.6 is 0 Å². The minimum Gasteiger partial charge on any atom is -0.391 e. The van der Waals surface area contributed by atoms with E-state index in [4.69, 9.17) is 4.74 Å². The molecule has 3 heteroatoms. The maximum Gasteiger partial charge on any atom is 0.0695 e. The summed E-state index contributed by atoms with van der Waals surface area (Å²) in [6.07, 6.45) is 6.70. The molecule has 19 heavy (non-hydrogen) atoms. The van der Waals surface area contributed by atoms with Crippen LogP contribution in [0.3, 0.4) is 0 Å². The number of methoxy groups -OCH3 is 1. The van der Waals surface area contributed by atoms with Gasteiger partial charge < -0.3 is 9.84 Å². The highest BCUT2D eigenvalue weighted by Crippen LogP contribution is 2.31. The van der Waals surface area contributed by atoms with E-state index in [1.807, 2.05) is 0 Å². The van der Waals surface area contributed by atoms with Crippen molar-refractivity contribution in [1.82, 2.24) is 4.90 Å². The third kappa shape index (κ3) is 4.73. The van der Waals surface area contributed by atoms with Gasteiger partial charge in [0.2, 0.25) is 0 Å². The summed E-state index contributed by atoms with van der Waals surface area (Å²) in [5, 5.41) is 10.4. The molecule has 0 radical (unpaired) electrons. The first kappa shape index (κ1) is 16.9. The van der Waals surface area contributed by atoms with Crippen LogP contribution in [0.2, 0.25) is 0 Å². The Hall–Kier alpha value is -0.120. The van der Waals surface area contributed by atoms with E-state index in [9.17, 15) is 5.11 Å². The minimum atomic E-state index is -0.153. The Morgan fingerprint density at radius 3 is 2.42 bits per heavy atom. The predicted molar refractivity (Wildman–Crippen MR) is 80.4 cm³/mol. The standard InChI is InChI=1S/C16H33NO2/c1-5-13-8-9-16(18)15(12-13)17(10-11-19-4)14(6-2)7-3/h13-16,18H,5-12H2,1-4H3. The van der Waals surface area contributed by atoms with Crippen LogP contribution in [0.15, 0.2) is 0 Å². The first-order chi connectivity index (χ1) is 9.17. The van der Waals surface area contributed by atoms with Gasteiger partial charge in [-0.1, -0.05) is 27.2 Å². The van der Waals surface area contributed by atoms with Gasteiger partial charge in [-0.3, -0.25) is 4.90 Å². The molecule has 0 aromatic heterocycles. The molecule has 0 aromatic carbocycles. The maximum atomic E-state index is 10.4. The van der Waals surface area contributed by atoms with E-state index in [0.717, 1.165) is 44.8 Å². The van der Waals surface area contributed by atoms with E-state index in [2.05, 4.69) is 25.7 Å². The maximum absolute atomic E-state index is 10.4. The van der Waals surface area contributed by atoms with Gasteiger partial charge in [0, 0.05) is 25.7 Å². The molecular weight excluding hydrogens is 238 g/mol. The van der Waals surface area contributed by atoms with Crippen molar-refractivity contribution in [3.05, 3.63) is 0 Å². The highest BCUT2D eigenvalue weighted by atomic mass is 16.5. The van der Waals surface area contributed by atoms with E-state index in [-0.39, 0.29) is 6.10 Å². The Bertz CT molecular complexity index is 231. The Morgan fingerprint density at radius 2 is 1.89 bits per heavy atom. The summed E-state index contributed by atoms with van der Waals surface area (Å²) >= 11 is 0. The van der Waals surface area contributed by atoms with Crippen LogP contribution in [0.4, 0.5) is 0 Å². The molecule has 0 heterocycles. The molecule has 1 rings (SSSR count).